The molecule has 1 N–H and O–H groups in total. The van der Waals surface area contributed by atoms with Crippen LogP contribution < -0.4 is 5.32 Å². The third-order valence-electron chi connectivity index (χ3n) is 4.49. The van der Waals surface area contributed by atoms with E-state index >= 15 is 0 Å². The summed E-state index contributed by atoms with van der Waals surface area (Å²) >= 11 is 0. The molecular formula is C18H30N2O. The van der Waals surface area contributed by atoms with Crippen LogP contribution in [0.1, 0.15) is 44.7 Å². The van der Waals surface area contributed by atoms with Gasteiger partial charge in [-0.15, -0.1) is 0 Å². The van der Waals surface area contributed by atoms with Crippen molar-refractivity contribution in [2.75, 3.05) is 19.7 Å². The van der Waals surface area contributed by atoms with E-state index in [2.05, 4.69) is 55.3 Å². The van der Waals surface area contributed by atoms with Crippen LogP contribution >= 0.6 is 0 Å². The summed E-state index contributed by atoms with van der Waals surface area (Å²) in [5, 5.41) is 3.67. The van der Waals surface area contributed by atoms with E-state index in [1.807, 2.05) is 0 Å². The van der Waals surface area contributed by atoms with E-state index in [1.165, 1.54) is 11.1 Å². The van der Waals surface area contributed by atoms with E-state index in [0.29, 0.717) is 12.1 Å². The average molecular weight is 290 g/mol. The van der Waals surface area contributed by atoms with E-state index in [9.17, 15) is 0 Å². The molecule has 3 heteroatoms. The summed E-state index contributed by atoms with van der Waals surface area (Å²) < 4.78 is 5.62. The molecule has 0 aliphatic heterocycles. The quantitative estimate of drug-likeness (QED) is 0.756. The van der Waals surface area contributed by atoms with Gasteiger partial charge in [-0.05, 0) is 44.0 Å². The van der Waals surface area contributed by atoms with Gasteiger partial charge in [0.25, 0.3) is 0 Å². The van der Waals surface area contributed by atoms with Crippen LogP contribution in [0.3, 0.4) is 0 Å². The molecule has 0 saturated heterocycles. The van der Waals surface area contributed by atoms with Crippen LogP contribution in [-0.2, 0) is 17.8 Å². The molecule has 1 saturated carbocycles. The predicted molar refractivity (Wildman–Crippen MR) is 88.3 cm³/mol. The van der Waals surface area contributed by atoms with Crippen LogP contribution in [-0.4, -0.2) is 36.7 Å². The second-order valence-electron chi connectivity index (χ2n) is 5.86. The molecule has 0 radical (unpaired) electrons. The second-order valence-corrected chi connectivity index (χ2v) is 5.86. The lowest BCUT2D eigenvalue weighted by Gasteiger charge is -2.35. The van der Waals surface area contributed by atoms with Crippen molar-refractivity contribution < 1.29 is 4.74 Å². The molecule has 1 aromatic carbocycles. The summed E-state index contributed by atoms with van der Waals surface area (Å²) in [5.41, 5.74) is 2.89. The van der Waals surface area contributed by atoms with Crippen molar-refractivity contribution in [3.8, 4) is 0 Å². The number of nitrogens with zero attached hydrogens (tertiary/aromatic N) is 1. The number of nitrogens with one attached hydrogen (secondary N) is 1. The van der Waals surface area contributed by atoms with Gasteiger partial charge >= 0.3 is 0 Å². The maximum absolute atomic E-state index is 5.62. The molecule has 1 aliphatic carbocycles. The Morgan fingerprint density at radius 2 is 1.76 bits per heavy atom. The summed E-state index contributed by atoms with van der Waals surface area (Å²) in [7, 11) is 0. The number of ether oxygens (including phenoxy) is 1. The van der Waals surface area contributed by atoms with E-state index in [0.717, 1.165) is 45.6 Å². The zero-order valence-electron chi connectivity index (χ0n) is 13.8. The van der Waals surface area contributed by atoms with Crippen molar-refractivity contribution in [2.45, 2.75) is 58.8 Å². The Morgan fingerprint density at radius 1 is 1.10 bits per heavy atom. The highest BCUT2D eigenvalue weighted by atomic mass is 16.5. The van der Waals surface area contributed by atoms with Crippen molar-refractivity contribution in [3.63, 3.8) is 0 Å². The Bertz CT molecular complexity index is 411. The predicted octanol–water partition coefficient (Wildman–Crippen LogP) is 3.19. The Labute approximate surface area is 129 Å². The molecule has 118 valence electrons. The lowest BCUT2D eigenvalue weighted by Crippen LogP contribution is -2.45. The molecule has 21 heavy (non-hydrogen) atoms. The lowest BCUT2D eigenvalue weighted by molar-refractivity contribution is -0.0102. The topological polar surface area (TPSA) is 24.5 Å². The van der Waals surface area contributed by atoms with Gasteiger partial charge in [0.1, 0.15) is 0 Å². The lowest BCUT2D eigenvalue weighted by atomic mass is 9.89. The van der Waals surface area contributed by atoms with E-state index < -0.39 is 0 Å². The number of hydrogen-bond acceptors (Lipinski definition) is 3. The maximum Gasteiger partial charge on any atom is 0.0604 e. The Kier molecular flexibility index (Phi) is 6.68. The molecule has 0 atom stereocenters. The normalized spacial score (nSPS) is 21.5. The first kappa shape index (κ1) is 16.5. The van der Waals surface area contributed by atoms with Crippen LogP contribution in [0.4, 0.5) is 0 Å². The fraction of sp³-hybridized carbons (Fsp3) is 0.667. The van der Waals surface area contributed by atoms with Gasteiger partial charge in [-0.1, -0.05) is 38.1 Å². The smallest absolute Gasteiger partial charge is 0.0604 e. The minimum absolute atomic E-state index is 0.485. The van der Waals surface area contributed by atoms with Gasteiger partial charge in [-0.25, -0.2) is 0 Å². The number of hydrogen-bond donors (Lipinski definition) is 1. The first-order valence-corrected chi connectivity index (χ1v) is 8.40. The van der Waals surface area contributed by atoms with Crippen molar-refractivity contribution >= 4 is 0 Å². The molecule has 3 nitrogen and oxygen atoms in total. The molecule has 1 fully saturated rings. The van der Waals surface area contributed by atoms with Gasteiger partial charge in [0, 0.05) is 25.7 Å². The summed E-state index contributed by atoms with van der Waals surface area (Å²) in [6, 6.07) is 9.44. The van der Waals surface area contributed by atoms with Crippen molar-refractivity contribution in [1.29, 1.82) is 0 Å². The number of benzene rings is 1. The first-order valence-electron chi connectivity index (χ1n) is 8.40. The van der Waals surface area contributed by atoms with Crippen LogP contribution in [0, 0.1) is 0 Å². The molecule has 0 bridgehead atoms. The van der Waals surface area contributed by atoms with Crippen LogP contribution in [0.15, 0.2) is 24.3 Å². The van der Waals surface area contributed by atoms with Crippen molar-refractivity contribution in [1.82, 2.24) is 10.2 Å². The summed E-state index contributed by atoms with van der Waals surface area (Å²) in [5.74, 6) is 0. The maximum atomic E-state index is 5.62. The molecule has 0 amide bonds. The highest BCUT2D eigenvalue weighted by molar-refractivity contribution is 5.27. The SMILES string of the molecule is CCOC1CC(NCc2ccccc2CN(CC)CC)C1. The highest BCUT2D eigenvalue weighted by Gasteiger charge is 2.28. The molecule has 0 spiro atoms. The standard InChI is InChI=1S/C18H30N2O/c1-4-20(5-2)14-16-10-8-7-9-15(16)13-19-17-11-18(12-17)21-6-3/h7-10,17-19H,4-6,11-14H2,1-3H3. The number of rotatable bonds is 9. The summed E-state index contributed by atoms with van der Waals surface area (Å²) in [6.07, 6.45) is 2.80. The fourth-order valence-electron chi connectivity index (χ4n) is 2.93. The van der Waals surface area contributed by atoms with Gasteiger partial charge < -0.3 is 10.1 Å². The third-order valence-corrected chi connectivity index (χ3v) is 4.49. The summed E-state index contributed by atoms with van der Waals surface area (Å²) in [6.45, 7) is 11.6. The Balaban J connectivity index is 1.83. The molecule has 2 rings (SSSR count). The van der Waals surface area contributed by atoms with Gasteiger partial charge in [0.05, 0.1) is 6.10 Å². The molecular weight excluding hydrogens is 260 g/mol. The monoisotopic (exact) mass is 290 g/mol. The molecule has 0 aromatic heterocycles. The fourth-order valence-corrected chi connectivity index (χ4v) is 2.93. The molecule has 1 aliphatic rings. The Morgan fingerprint density at radius 3 is 2.38 bits per heavy atom. The van der Waals surface area contributed by atoms with Crippen molar-refractivity contribution in [3.05, 3.63) is 35.4 Å². The Hall–Kier alpha value is -0.900. The third kappa shape index (κ3) is 4.80. The zero-order valence-corrected chi connectivity index (χ0v) is 13.8. The van der Waals surface area contributed by atoms with Gasteiger partial charge in [-0.2, -0.15) is 0 Å². The molecule has 0 unspecified atom stereocenters. The van der Waals surface area contributed by atoms with Crippen LogP contribution in [0.5, 0.6) is 0 Å². The highest BCUT2D eigenvalue weighted by Crippen LogP contribution is 2.24. The van der Waals surface area contributed by atoms with E-state index in [1.54, 1.807) is 0 Å². The van der Waals surface area contributed by atoms with Crippen molar-refractivity contribution in [2.24, 2.45) is 0 Å². The minimum Gasteiger partial charge on any atom is -0.378 e. The van der Waals surface area contributed by atoms with E-state index in [4.69, 9.17) is 4.74 Å². The first-order chi connectivity index (χ1) is 10.3. The zero-order chi connectivity index (χ0) is 15.1. The van der Waals surface area contributed by atoms with E-state index in [-0.39, 0.29) is 0 Å². The van der Waals surface area contributed by atoms with Gasteiger partial charge in [-0.3, -0.25) is 4.90 Å². The second kappa shape index (κ2) is 8.52. The molecule has 1 aromatic rings. The van der Waals surface area contributed by atoms with Crippen LogP contribution in [0.2, 0.25) is 0 Å². The average Bonchev–Trinajstić information content (AvgIpc) is 2.48. The van der Waals surface area contributed by atoms with Gasteiger partial charge in [0.15, 0.2) is 0 Å². The summed E-state index contributed by atoms with van der Waals surface area (Å²) in [4.78, 5) is 2.47. The van der Waals surface area contributed by atoms with Crippen LogP contribution in [0.25, 0.3) is 0 Å². The van der Waals surface area contributed by atoms with Gasteiger partial charge in [0.2, 0.25) is 0 Å². The minimum atomic E-state index is 0.485. The largest absolute Gasteiger partial charge is 0.378 e. The molecule has 0 heterocycles.